The number of hydrogen-bond acceptors (Lipinski definition) is 6. The predicted molar refractivity (Wildman–Crippen MR) is 98.7 cm³/mol. The Morgan fingerprint density at radius 3 is 2.88 bits per heavy atom. The minimum absolute atomic E-state index is 0.236. The van der Waals surface area contributed by atoms with Crippen LogP contribution >= 0.6 is 11.5 Å². The average Bonchev–Trinajstić information content (AvgIpc) is 3.22. The molecule has 2 N–H and O–H groups in total. The third kappa shape index (κ3) is 3.15. The zero-order valence-electron chi connectivity index (χ0n) is 14.3. The van der Waals surface area contributed by atoms with Crippen LogP contribution in [0.2, 0.25) is 0 Å². The number of benzene rings is 1. The van der Waals surface area contributed by atoms with Gasteiger partial charge in [0.25, 0.3) is 0 Å². The number of ether oxygens (including phenoxy) is 1. The first kappa shape index (κ1) is 17.2. The molecule has 0 spiro atoms. The number of fused-ring (bicyclic) bond motifs is 1. The first-order valence-corrected chi connectivity index (χ1v) is 8.77. The minimum Gasteiger partial charge on any atom is -0.454 e. The first-order valence-electron chi connectivity index (χ1n) is 8.00. The standard InChI is InChI=1S/C18H19N3O3S/c1-4-11-6-5-7-12-13(8-20-16(11)12)14(22)9-24-18(23)15-10(2)21-25-17(15)19-3/h5-8,19-20H,4,9H2,1-3H3. The summed E-state index contributed by atoms with van der Waals surface area (Å²) in [7, 11) is 1.71. The van der Waals surface area contributed by atoms with Crippen molar-refractivity contribution in [1.82, 2.24) is 9.36 Å². The van der Waals surface area contributed by atoms with Gasteiger partial charge in [0.15, 0.2) is 6.61 Å². The Kier molecular flexibility index (Phi) is 4.85. The van der Waals surface area contributed by atoms with E-state index in [1.165, 1.54) is 11.5 Å². The number of carbonyl (C=O) groups excluding carboxylic acids is 2. The molecule has 0 bridgehead atoms. The fourth-order valence-corrected chi connectivity index (χ4v) is 3.54. The van der Waals surface area contributed by atoms with Gasteiger partial charge in [-0.15, -0.1) is 0 Å². The summed E-state index contributed by atoms with van der Waals surface area (Å²) < 4.78 is 9.36. The minimum atomic E-state index is -0.543. The van der Waals surface area contributed by atoms with E-state index < -0.39 is 5.97 Å². The summed E-state index contributed by atoms with van der Waals surface area (Å²) in [6, 6.07) is 5.85. The summed E-state index contributed by atoms with van der Waals surface area (Å²) >= 11 is 1.19. The molecule has 130 valence electrons. The summed E-state index contributed by atoms with van der Waals surface area (Å²) in [6.45, 7) is 3.50. The van der Waals surface area contributed by atoms with Crippen molar-refractivity contribution >= 4 is 39.2 Å². The third-order valence-electron chi connectivity index (χ3n) is 4.11. The molecule has 3 aromatic rings. The lowest BCUT2D eigenvalue weighted by atomic mass is 10.1. The SMILES string of the molecule is CCc1cccc2c(C(=O)COC(=O)c3c(C)nsc3NC)c[nH]c12. The van der Waals surface area contributed by atoms with Crippen LogP contribution in [0.25, 0.3) is 10.9 Å². The van der Waals surface area contributed by atoms with Crippen LogP contribution in [0.5, 0.6) is 0 Å². The Morgan fingerprint density at radius 2 is 2.16 bits per heavy atom. The van der Waals surface area contributed by atoms with Crippen molar-refractivity contribution in [1.29, 1.82) is 0 Å². The largest absolute Gasteiger partial charge is 0.454 e. The molecule has 1 aromatic carbocycles. The lowest BCUT2D eigenvalue weighted by molar-refractivity contribution is 0.0475. The molecule has 25 heavy (non-hydrogen) atoms. The number of Topliss-reactive ketones (excluding diaryl/α,β-unsaturated/α-hetero) is 1. The van der Waals surface area contributed by atoms with Gasteiger partial charge in [-0.3, -0.25) is 4.79 Å². The van der Waals surface area contributed by atoms with Gasteiger partial charge in [0, 0.05) is 29.7 Å². The molecule has 0 aliphatic carbocycles. The number of esters is 1. The molecule has 3 rings (SSSR count). The van der Waals surface area contributed by atoms with Crippen LogP contribution in [0.15, 0.2) is 24.4 Å². The highest BCUT2D eigenvalue weighted by Crippen LogP contribution is 2.25. The molecule has 0 atom stereocenters. The molecule has 6 nitrogen and oxygen atoms in total. The van der Waals surface area contributed by atoms with Gasteiger partial charge in [-0.05, 0) is 30.4 Å². The van der Waals surface area contributed by atoms with Crippen molar-refractivity contribution in [3.63, 3.8) is 0 Å². The number of aromatic nitrogens is 2. The van der Waals surface area contributed by atoms with Gasteiger partial charge in [-0.1, -0.05) is 25.1 Å². The molecule has 0 fully saturated rings. The van der Waals surface area contributed by atoms with E-state index in [2.05, 4.69) is 21.6 Å². The highest BCUT2D eigenvalue weighted by molar-refractivity contribution is 7.10. The quantitative estimate of drug-likeness (QED) is 0.520. The van der Waals surface area contributed by atoms with E-state index in [0.29, 0.717) is 21.8 Å². The third-order valence-corrected chi connectivity index (χ3v) is 5.07. The van der Waals surface area contributed by atoms with Gasteiger partial charge >= 0.3 is 5.97 Å². The van der Waals surface area contributed by atoms with E-state index in [9.17, 15) is 9.59 Å². The first-order chi connectivity index (χ1) is 12.1. The normalized spacial score (nSPS) is 10.8. The molecule has 0 radical (unpaired) electrons. The summed E-state index contributed by atoms with van der Waals surface area (Å²) in [6.07, 6.45) is 2.55. The number of rotatable bonds is 6. The second-order valence-corrected chi connectivity index (χ2v) is 6.39. The van der Waals surface area contributed by atoms with Crippen LogP contribution in [0, 0.1) is 6.92 Å². The number of aromatic amines is 1. The monoisotopic (exact) mass is 357 g/mol. The topological polar surface area (TPSA) is 84.1 Å². The lowest BCUT2D eigenvalue weighted by Crippen LogP contribution is -2.15. The van der Waals surface area contributed by atoms with E-state index in [0.717, 1.165) is 22.9 Å². The molecule has 2 aromatic heterocycles. The van der Waals surface area contributed by atoms with Crippen molar-refractivity contribution in [2.75, 3.05) is 19.0 Å². The van der Waals surface area contributed by atoms with Crippen LogP contribution in [0.3, 0.4) is 0 Å². The number of hydrogen-bond donors (Lipinski definition) is 2. The number of H-pyrrole nitrogens is 1. The van der Waals surface area contributed by atoms with Gasteiger partial charge in [0.2, 0.25) is 5.78 Å². The molecule has 0 saturated carbocycles. The number of nitrogens with zero attached hydrogens (tertiary/aromatic N) is 1. The van der Waals surface area contributed by atoms with Crippen LogP contribution < -0.4 is 5.32 Å². The van der Waals surface area contributed by atoms with Gasteiger partial charge < -0.3 is 15.0 Å². The second-order valence-electron chi connectivity index (χ2n) is 5.62. The molecule has 2 heterocycles. The van der Waals surface area contributed by atoms with E-state index in [1.54, 1.807) is 20.2 Å². The highest BCUT2D eigenvalue weighted by Gasteiger charge is 2.21. The van der Waals surface area contributed by atoms with Crippen molar-refractivity contribution in [2.24, 2.45) is 0 Å². The van der Waals surface area contributed by atoms with Gasteiger partial charge in [0.05, 0.1) is 5.69 Å². The Bertz CT molecular complexity index is 942. The Balaban J connectivity index is 1.77. The van der Waals surface area contributed by atoms with Gasteiger partial charge in [-0.2, -0.15) is 4.37 Å². The fraction of sp³-hybridized carbons (Fsp3) is 0.278. The molecule has 0 aliphatic rings. The highest BCUT2D eigenvalue weighted by atomic mass is 32.1. The summed E-state index contributed by atoms with van der Waals surface area (Å²) in [4.78, 5) is 27.9. The van der Waals surface area contributed by atoms with E-state index >= 15 is 0 Å². The number of nitrogens with one attached hydrogen (secondary N) is 2. The zero-order chi connectivity index (χ0) is 18.0. The van der Waals surface area contributed by atoms with E-state index in [-0.39, 0.29) is 12.4 Å². The van der Waals surface area contributed by atoms with Crippen molar-refractivity contribution in [3.05, 3.63) is 46.8 Å². The van der Waals surface area contributed by atoms with E-state index in [4.69, 9.17) is 4.74 Å². The lowest BCUT2D eigenvalue weighted by Gasteiger charge is -2.05. The Hall–Kier alpha value is -2.67. The summed E-state index contributed by atoms with van der Waals surface area (Å²) in [5, 5.41) is 4.40. The summed E-state index contributed by atoms with van der Waals surface area (Å²) in [5.74, 6) is -0.780. The predicted octanol–water partition coefficient (Wildman–Crippen LogP) is 3.58. The maximum absolute atomic E-state index is 12.5. The number of ketones is 1. The number of anilines is 1. The number of carbonyl (C=O) groups is 2. The van der Waals surface area contributed by atoms with Crippen molar-refractivity contribution in [2.45, 2.75) is 20.3 Å². The maximum atomic E-state index is 12.5. The van der Waals surface area contributed by atoms with Crippen LogP contribution in [0.1, 0.15) is 38.9 Å². The van der Waals surface area contributed by atoms with Gasteiger partial charge in [0.1, 0.15) is 10.6 Å². The molecular formula is C18H19N3O3S. The van der Waals surface area contributed by atoms with Crippen LogP contribution in [0.4, 0.5) is 5.00 Å². The van der Waals surface area contributed by atoms with Crippen molar-refractivity contribution < 1.29 is 14.3 Å². The smallest absolute Gasteiger partial charge is 0.343 e. The second kappa shape index (κ2) is 7.06. The molecule has 7 heteroatoms. The zero-order valence-corrected chi connectivity index (χ0v) is 15.1. The molecule has 0 saturated heterocycles. The average molecular weight is 357 g/mol. The van der Waals surface area contributed by atoms with Gasteiger partial charge in [-0.25, -0.2) is 4.79 Å². The number of aryl methyl sites for hydroxylation is 2. The molecule has 0 amide bonds. The fourth-order valence-electron chi connectivity index (χ4n) is 2.80. The Labute approximate surface area is 149 Å². The Morgan fingerprint density at radius 1 is 1.36 bits per heavy atom. The van der Waals surface area contributed by atoms with Crippen LogP contribution in [-0.4, -0.2) is 34.8 Å². The maximum Gasteiger partial charge on any atom is 0.343 e. The van der Waals surface area contributed by atoms with E-state index in [1.807, 2.05) is 18.2 Å². The number of para-hydroxylation sites is 1. The summed E-state index contributed by atoms with van der Waals surface area (Å²) in [5.41, 5.74) is 3.60. The molecule has 0 aliphatic heterocycles. The van der Waals surface area contributed by atoms with Crippen LogP contribution in [-0.2, 0) is 11.2 Å². The van der Waals surface area contributed by atoms with Crippen molar-refractivity contribution in [3.8, 4) is 0 Å². The molecular weight excluding hydrogens is 338 g/mol. The molecule has 0 unspecified atom stereocenters.